The highest BCUT2D eigenvalue weighted by atomic mass is 16.6. The fourth-order valence-electron chi connectivity index (χ4n) is 2.15. The van der Waals surface area contributed by atoms with E-state index in [-0.39, 0.29) is 22.7 Å². The Morgan fingerprint density at radius 2 is 1.68 bits per heavy atom. The summed E-state index contributed by atoms with van der Waals surface area (Å²) in [7, 11) is 1.32. The summed E-state index contributed by atoms with van der Waals surface area (Å²) in [6.45, 7) is 1.54. The Labute approximate surface area is 142 Å². The third-order valence-electron chi connectivity index (χ3n) is 3.45. The minimum absolute atomic E-state index is 0.103. The van der Waals surface area contributed by atoms with Gasteiger partial charge in [-0.25, -0.2) is 4.79 Å². The lowest BCUT2D eigenvalue weighted by Gasteiger charge is -2.15. The Morgan fingerprint density at radius 3 is 2.28 bits per heavy atom. The Hall–Kier alpha value is -3.49. The fourth-order valence-corrected chi connectivity index (χ4v) is 2.15. The maximum absolute atomic E-state index is 12.3. The van der Waals surface area contributed by atoms with Gasteiger partial charge in [0.15, 0.2) is 0 Å². The number of hydrogen-bond acceptors (Lipinski definition) is 7. The molecule has 0 aliphatic rings. The number of nitro groups is 2. The van der Waals surface area contributed by atoms with E-state index in [4.69, 9.17) is 9.47 Å². The van der Waals surface area contributed by atoms with Crippen molar-refractivity contribution in [2.24, 2.45) is 0 Å². The van der Waals surface area contributed by atoms with E-state index in [0.29, 0.717) is 5.56 Å². The van der Waals surface area contributed by atoms with Gasteiger partial charge in [0.05, 0.1) is 17.0 Å². The molecule has 0 heterocycles. The molecule has 9 nitrogen and oxygen atoms in total. The van der Waals surface area contributed by atoms with Crippen molar-refractivity contribution in [2.75, 3.05) is 7.11 Å². The second kappa shape index (κ2) is 7.39. The number of carbonyl (C=O) groups is 1. The van der Waals surface area contributed by atoms with Gasteiger partial charge < -0.3 is 9.47 Å². The predicted molar refractivity (Wildman–Crippen MR) is 86.6 cm³/mol. The topological polar surface area (TPSA) is 122 Å². The summed E-state index contributed by atoms with van der Waals surface area (Å²) < 4.78 is 10.3. The molecule has 2 aromatic rings. The Balaban J connectivity index is 2.27. The average Bonchev–Trinajstić information content (AvgIpc) is 2.60. The summed E-state index contributed by atoms with van der Waals surface area (Å²) >= 11 is 0. The zero-order valence-electron chi connectivity index (χ0n) is 13.4. The fraction of sp³-hybridized carbons (Fsp3) is 0.188. The molecule has 0 spiro atoms. The number of hydrogen-bond donors (Lipinski definition) is 0. The van der Waals surface area contributed by atoms with Crippen molar-refractivity contribution in [2.45, 2.75) is 13.0 Å². The molecule has 0 aliphatic heterocycles. The lowest BCUT2D eigenvalue weighted by molar-refractivity contribution is -0.385. The van der Waals surface area contributed by atoms with Gasteiger partial charge in [-0.1, -0.05) is 12.1 Å². The molecule has 2 rings (SSSR count). The molecule has 0 aromatic heterocycles. The molecule has 0 aliphatic carbocycles. The molecule has 0 saturated heterocycles. The molecule has 0 amide bonds. The van der Waals surface area contributed by atoms with Crippen molar-refractivity contribution in [3.8, 4) is 5.75 Å². The van der Waals surface area contributed by atoms with Crippen LogP contribution in [-0.4, -0.2) is 22.9 Å². The monoisotopic (exact) mass is 346 g/mol. The van der Waals surface area contributed by atoms with Crippen molar-refractivity contribution in [3.63, 3.8) is 0 Å². The highest BCUT2D eigenvalue weighted by Gasteiger charge is 2.22. The quantitative estimate of drug-likeness (QED) is 0.446. The van der Waals surface area contributed by atoms with Crippen molar-refractivity contribution in [1.82, 2.24) is 0 Å². The first kappa shape index (κ1) is 17.9. The van der Waals surface area contributed by atoms with Crippen molar-refractivity contribution >= 4 is 17.3 Å². The summed E-state index contributed by atoms with van der Waals surface area (Å²) in [5.74, 6) is -0.707. The zero-order valence-corrected chi connectivity index (χ0v) is 13.4. The second-order valence-corrected chi connectivity index (χ2v) is 5.04. The summed E-state index contributed by atoms with van der Waals surface area (Å²) in [6, 6.07) is 9.24. The number of nitrogens with zero attached hydrogens (tertiary/aromatic N) is 2. The normalized spacial score (nSPS) is 11.4. The average molecular weight is 346 g/mol. The zero-order chi connectivity index (χ0) is 18.6. The van der Waals surface area contributed by atoms with Gasteiger partial charge in [0.2, 0.25) is 0 Å². The molecule has 0 saturated carbocycles. The standard InChI is InChI=1S/C16H14N2O7/c1-10(11-4-3-5-12(8-11)17(20)21)25-16(19)14-9-13(18(22)23)6-7-15(14)24-2/h3-10H,1-2H3/t10-/m0/s1. The van der Waals surface area contributed by atoms with Crippen LogP contribution < -0.4 is 4.74 Å². The van der Waals surface area contributed by atoms with Gasteiger partial charge >= 0.3 is 5.97 Å². The van der Waals surface area contributed by atoms with Gasteiger partial charge in [0, 0.05) is 24.3 Å². The number of carbonyl (C=O) groups excluding carboxylic acids is 1. The first-order chi connectivity index (χ1) is 11.8. The van der Waals surface area contributed by atoms with Gasteiger partial charge in [-0.2, -0.15) is 0 Å². The van der Waals surface area contributed by atoms with Gasteiger partial charge in [0.1, 0.15) is 17.4 Å². The second-order valence-electron chi connectivity index (χ2n) is 5.04. The maximum Gasteiger partial charge on any atom is 0.342 e. The van der Waals surface area contributed by atoms with E-state index in [1.54, 1.807) is 13.0 Å². The molecule has 0 radical (unpaired) electrons. The third kappa shape index (κ3) is 4.08. The van der Waals surface area contributed by atoms with Crippen LogP contribution in [0.5, 0.6) is 5.75 Å². The van der Waals surface area contributed by atoms with Crippen LogP contribution in [0.4, 0.5) is 11.4 Å². The van der Waals surface area contributed by atoms with E-state index in [9.17, 15) is 25.0 Å². The van der Waals surface area contributed by atoms with Crippen LogP contribution >= 0.6 is 0 Å². The van der Waals surface area contributed by atoms with Crippen LogP contribution in [0.15, 0.2) is 42.5 Å². The van der Waals surface area contributed by atoms with Crippen LogP contribution in [0.1, 0.15) is 28.9 Å². The summed E-state index contributed by atoms with van der Waals surface area (Å²) in [5.41, 5.74) is -0.0926. The number of non-ortho nitro benzene ring substituents is 2. The van der Waals surface area contributed by atoms with Crippen LogP contribution in [0.3, 0.4) is 0 Å². The molecule has 0 bridgehead atoms. The number of ether oxygens (including phenoxy) is 2. The smallest absolute Gasteiger partial charge is 0.342 e. The van der Waals surface area contributed by atoms with Crippen LogP contribution in [0.25, 0.3) is 0 Å². The lowest BCUT2D eigenvalue weighted by Crippen LogP contribution is -2.11. The largest absolute Gasteiger partial charge is 0.496 e. The van der Waals surface area contributed by atoms with Crippen molar-refractivity contribution < 1.29 is 24.1 Å². The van der Waals surface area contributed by atoms with Crippen LogP contribution in [0.2, 0.25) is 0 Å². The van der Waals surface area contributed by atoms with E-state index in [1.165, 1.54) is 37.4 Å². The van der Waals surface area contributed by atoms with E-state index < -0.39 is 21.9 Å². The summed E-state index contributed by atoms with van der Waals surface area (Å²) in [6.07, 6.45) is -0.795. The Morgan fingerprint density at radius 1 is 1.04 bits per heavy atom. The minimum atomic E-state index is -0.834. The number of rotatable bonds is 6. The predicted octanol–water partition coefficient (Wildman–Crippen LogP) is 3.43. The lowest BCUT2D eigenvalue weighted by atomic mass is 10.1. The van der Waals surface area contributed by atoms with Crippen LogP contribution in [0, 0.1) is 20.2 Å². The molecule has 25 heavy (non-hydrogen) atoms. The van der Waals surface area contributed by atoms with Crippen molar-refractivity contribution in [3.05, 3.63) is 73.8 Å². The number of nitro benzene ring substituents is 2. The van der Waals surface area contributed by atoms with E-state index in [0.717, 1.165) is 6.07 Å². The molecule has 9 heteroatoms. The van der Waals surface area contributed by atoms with Gasteiger partial charge in [-0.05, 0) is 18.6 Å². The molecule has 0 fully saturated rings. The minimum Gasteiger partial charge on any atom is -0.496 e. The van der Waals surface area contributed by atoms with E-state index in [1.807, 2.05) is 0 Å². The van der Waals surface area contributed by atoms with E-state index >= 15 is 0 Å². The van der Waals surface area contributed by atoms with E-state index in [2.05, 4.69) is 0 Å². The SMILES string of the molecule is COc1ccc([N+](=O)[O-])cc1C(=O)O[C@@H](C)c1cccc([N+](=O)[O-])c1. The molecule has 0 N–H and O–H groups in total. The molecular weight excluding hydrogens is 332 g/mol. The first-order valence-corrected chi connectivity index (χ1v) is 7.11. The van der Waals surface area contributed by atoms with Gasteiger partial charge in [-0.3, -0.25) is 20.2 Å². The Bertz CT molecular complexity index is 835. The molecule has 130 valence electrons. The molecular formula is C16H14N2O7. The van der Waals surface area contributed by atoms with Crippen molar-refractivity contribution in [1.29, 1.82) is 0 Å². The molecule has 0 unspecified atom stereocenters. The first-order valence-electron chi connectivity index (χ1n) is 7.11. The van der Waals surface area contributed by atoms with Gasteiger partial charge in [-0.15, -0.1) is 0 Å². The molecule has 2 aromatic carbocycles. The van der Waals surface area contributed by atoms with Crippen LogP contribution in [-0.2, 0) is 4.74 Å². The highest BCUT2D eigenvalue weighted by molar-refractivity contribution is 5.93. The summed E-state index contributed by atoms with van der Waals surface area (Å²) in [5, 5.41) is 21.7. The third-order valence-corrected chi connectivity index (χ3v) is 3.45. The number of esters is 1. The maximum atomic E-state index is 12.3. The molecule has 1 atom stereocenters. The highest BCUT2D eigenvalue weighted by Crippen LogP contribution is 2.28. The summed E-state index contributed by atoms with van der Waals surface area (Å²) in [4.78, 5) is 32.8. The Kier molecular flexibility index (Phi) is 5.28. The van der Waals surface area contributed by atoms with Gasteiger partial charge in [0.25, 0.3) is 11.4 Å². The number of methoxy groups -OCH3 is 1. The number of benzene rings is 2.